The zero-order valence-corrected chi connectivity index (χ0v) is 10.6. The van der Waals surface area contributed by atoms with Gasteiger partial charge in [0.1, 0.15) is 0 Å². The van der Waals surface area contributed by atoms with Crippen molar-refractivity contribution in [2.24, 2.45) is 4.99 Å². The number of nitrogens with one attached hydrogen (secondary N) is 2. The second-order valence-electron chi connectivity index (χ2n) is 3.90. The normalized spacial score (nSPS) is 11.3. The zero-order valence-electron chi connectivity index (χ0n) is 10.6. The summed E-state index contributed by atoms with van der Waals surface area (Å²) in [5.41, 5.74) is 0. The van der Waals surface area contributed by atoms with Crippen molar-refractivity contribution < 1.29 is 0 Å². The molecule has 16 heavy (non-hydrogen) atoms. The maximum atomic E-state index is 8.56. The summed E-state index contributed by atoms with van der Waals surface area (Å²) in [6.45, 7) is 4.63. The van der Waals surface area contributed by atoms with Crippen LogP contribution in [0.25, 0.3) is 0 Å². The number of hydrogen-bond acceptors (Lipinski definition) is 3. The highest BCUT2D eigenvalue weighted by Gasteiger charge is 1.96. The highest BCUT2D eigenvalue weighted by Crippen LogP contribution is 1.93. The summed E-state index contributed by atoms with van der Waals surface area (Å²) in [5.74, 6) is 0.584. The molecule has 0 aliphatic heterocycles. The van der Waals surface area contributed by atoms with Gasteiger partial charge in [-0.1, -0.05) is 19.8 Å². The van der Waals surface area contributed by atoms with Crippen molar-refractivity contribution in [2.45, 2.75) is 26.2 Å². The van der Waals surface area contributed by atoms with Gasteiger partial charge in [0.15, 0.2) is 6.19 Å². The van der Waals surface area contributed by atoms with Crippen LogP contribution in [0.15, 0.2) is 4.99 Å². The fraction of sp³-hybridized carbons (Fsp3) is 0.818. The Balaban J connectivity index is 3.82. The standard InChI is InChI=1S/C11H23N5/c1-4-5-6-7-13-11(15-10-12)14-8-9-16(2)3/h4-9H2,1-3H3,(H2,13,14,15). The van der Waals surface area contributed by atoms with E-state index in [0.717, 1.165) is 26.1 Å². The maximum absolute atomic E-state index is 8.56. The van der Waals surface area contributed by atoms with Crippen LogP contribution in [0.5, 0.6) is 0 Å². The van der Waals surface area contributed by atoms with Gasteiger partial charge in [-0.25, -0.2) is 0 Å². The van der Waals surface area contributed by atoms with E-state index in [1.165, 1.54) is 12.8 Å². The molecule has 0 rings (SSSR count). The van der Waals surface area contributed by atoms with Gasteiger partial charge in [0.2, 0.25) is 5.96 Å². The monoisotopic (exact) mass is 225 g/mol. The van der Waals surface area contributed by atoms with Crippen LogP contribution in [0.1, 0.15) is 26.2 Å². The van der Waals surface area contributed by atoms with E-state index in [0.29, 0.717) is 5.96 Å². The van der Waals surface area contributed by atoms with E-state index in [1.54, 1.807) is 0 Å². The number of unbranched alkanes of at least 4 members (excludes halogenated alkanes) is 2. The maximum Gasteiger partial charge on any atom is 0.204 e. The molecule has 5 nitrogen and oxygen atoms in total. The van der Waals surface area contributed by atoms with Crippen molar-refractivity contribution in [2.75, 3.05) is 33.7 Å². The first kappa shape index (κ1) is 14.7. The summed E-state index contributed by atoms with van der Waals surface area (Å²) < 4.78 is 0. The predicted molar refractivity (Wildman–Crippen MR) is 67.1 cm³/mol. The van der Waals surface area contributed by atoms with Crippen LogP contribution in [0.3, 0.4) is 0 Å². The lowest BCUT2D eigenvalue weighted by molar-refractivity contribution is 0.412. The first-order chi connectivity index (χ1) is 7.70. The summed E-state index contributed by atoms with van der Waals surface area (Å²) >= 11 is 0. The third-order valence-corrected chi connectivity index (χ3v) is 2.06. The molecule has 0 amide bonds. The molecule has 0 aliphatic rings. The minimum atomic E-state index is 0.584. The summed E-state index contributed by atoms with van der Waals surface area (Å²) in [6.07, 6.45) is 5.33. The molecule has 0 aromatic heterocycles. The van der Waals surface area contributed by atoms with Crippen LogP contribution in [0.4, 0.5) is 0 Å². The van der Waals surface area contributed by atoms with E-state index >= 15 is 0 Å². The first-order valence-corrected chi connectivity index (χ1v) is 5.78. The van der Waals surface area contributed by atoms with E-state index in [1.807, 2.05) is 20.3 Å². The summed E-state index contributed by atoms with van der Waals surface area (Å²) in [6, 6.07) is 0. The Labute approximate surface area is 98.5 Å². The lowest BCUT2D eigenvalue weighted by Gasteiger charge is -2.11. The van der Waals surface area contributed by atoms with Gasteiger partial charge in [0.25, 0.3) is 0 Å². The quantitative estimate of drug-likeness (QED) is 0.221. The first-order valence-electron chi connectivity index (χ1n) is 5.78. The van der Waals surface area contributed by atoms with Crippen molar-refractivity contribution in [3.05, 3.63) is 0 Å². The Morgan fingerprint density at radius 2 is 2.12 bits per heavy atom. The minimum Gasteiger partial charge on any atom is -0.354 e. The number of aliphatic imine (C=N–C) groups is 1. The third kappa shape index (κ3) is 9.28. The molecule has 0 unspecified atom stereocenters. The smallest absolute Gasteiger partial charge is 0.204 e. The van der Waals surface area contributed by atoms with Gasteiger partial charge in [-0.3, -0.25) is 10.3 Å². The summed E-state index contributed by atoms with van der Waals surface area (Å²) in [4.78, 5) is 6.38. The van der Waals surface area contributed by atoms with E-state index in [4.69, 9.17) is 5.26 Å². The number of guanidine groups is 1. The van der Waals surface area contributed by atoms with Crippen LogP contribution < -0.4 is 10.6 Å². The van der Waals surface area contributed by atoms with Gasteiger partial charge in [0, 0.05) is 19.6 Å². The average molecular weight is 225 g/mol. The molecule has 0 bridgehead atoms. The molecular formula is C11H23N5. The van der Waals surface area contributed by atoms with E-state index in [9.17, 15) is 0 Å². The van der Waals surface area contributed by atoms with Gasteiger partial charge in [-0.2, -0.15) is 5.26 Å². The molecule has 0 heterocycles. The lowest BCUT2D eigenvalue weighted by atomic mass is 10.2. The summed E-state index contributed by atoms with van der Waals surface area (Å²) in [5, 5.41) is 14.2. The largest absolute Gasteiger partial charge is 0.354 e. The molecule has 0 spiro atoms. The molecular weight excluding hydrogens is 202 g/mol. The number of rotatable bonds is 7. The second-order valence-corrected chi connectivity index (χ2v) is 3.90. The molecule has 0 aromatic rings. The van der Waals surface area contributed by atoms with Crippen molar-refractivity contribution in [3.63, 3.8) is 0 Å². The molecule has 0 saturated carbocycles. The topological polar surface area (TPSA) is 63.5 Å². The molecule has 0 fully saturated rings. The van der Waals surface area contributed by atoms with Gasteiger partial charge in [-0.15, -0.1) is 0 Å². The van der Waals surface area contributed by atoms with Gasteiger partial charge in [0.05, 0.1) is 0 Å². The molecule has 0 saturated heterocycles. The van der Waals surface area contributed by atoms with Crippen molar-refractivity contribution in [1.29, 1.82) is 5.26 Å². The number of likely N-dealkylation sites (N-methyl/N-ethyl adjacent to an activating group) is 1. The van der Waals surface area contributed by atoms with Crippen LogP contribution in [-0.2, 0) is 0 Å². The Morgan fingerprint density at radius 3 is 2.69 bits per heavy atom. The fourth-order valence-electron chi connectivity index (χ4n) is 1.14. The number of nitriles is 1. The lowest BCUT2D eigenvalue weighted by Crippen LogP contribution is -2.38. The Hall–Kier alpha value is -1.28. The highest BCUT2D eigenvalue weighted by molar-refractivity contribution is 5.81. The van der Waals surface area contributed by atoms with Crippen molar-refractivity contribution in [1.82, 2.24) is 15.5 Å². The van der Waals surface area contributed by atoms with Gasteiger partial charge in [-0.05, 0) is 20.5 Å². The van der Waals surface area contributed by atoms with Crippen LogP contribution >= 0.6 is 0 Å². The van der Waals surface area contributed by atoms with Gasteiger partial charge >= 0.3 is 0 Å². The Kier molecular flexibility index (Phi) is 9.43. The highest BCUT2D eigenvalue weighted by atomic mass is 15.2. The molecule has 0 atom stereocenters. The fourth-order valence-corrected chi connectivity index (χ4v) is 1.14. The van der Waals surface area contributed by atoms with E-state index < -0.39 is 0 Å². The number of nitrogens with zero attached hydrogens (tertiary/aromatic N) is 3. The SMILES string of the molecule is CCCCCN=C(NC#N)NCCN(C)C. The van der Waals surface area contributed by atoms with Crippen LogP contribution in [0.2, 0.25) is 0 Å². The molecule has 0 aliphatic carbocycles. The van der Waals surface area contributed by atoms with E-state index in [-0.39, 0.29) is 0 Å². The molecule has 92 valence electrons. The van der Waals surface area contributed by atoms with Crippen molar-refractivity contribution in [3.8, 4) is 6.19 Å². The second kappa shape index (κ2) is 10.2. The predicted octanol–water partition coefficient (Wildman–Crippen LogP) is 0.754. The molecule has 2 N–H and O–H groups in total. The summed E-state index contributed by atoms with van der Waals surface area (Å²) in [7, 11) is 4.02. The minimum absolute atomic E-state index is 0.584. The molecule has 0 radical (unpaired) electrons. The number of hydrogen-bond donors (Lipinski definition) is 2. The Morgan fingerprint density at radius 1 is 1.38 bits per heavy atom. The molecule has 0 aromatic carbocycles. The van der Waals surface area contributed by atoms with Crippen LogP contribution in [0, 0.1) is 11.5 Å². The van der Waals surface area contributed by atoms with Crippen LogP contribution in [-0.4, -0.2) is 44.6 Å². The zero-order chi connectivity index (χ0) is 12.2. The average Bonchev–Trinajstić information content (AvgIpc) is 2.23. The Bertz CT molecular complexity index is 229. The van der Waals surface area contributed by atoms with Crippen molar-refractivity contribution >= 4 is 5.96 Å². The molecule has 5 heteroatoms. The third-order valence-electron chi connectivity index (χ3n) is 2.06. The van der Waals surface area contributed by atoms with E-state index in [2.05, 4.69) is 27.4 Å². The van der Waals surface area contributed by atoms with Gasteiger partial charge < -0.3 is 10.2 Å².